The number of hydrogen-bond donors (Lipinski definition) is 2. The van der Waals surface area contributed by atoms with Gasteiger partial charge in [-0.15, -0.1) is 0 Å². The molecule has 3 aromatic carbocycles. The van der Waals surface area contributed by atoms with Gasteiger partial charge >= 0.3 is 11.4 Å². The lowest BCUT2D eigenvalue weighted by Crippen LogP contribution is -2.33. The number of nitrogens with one attached hydrogen (secondary N) is 2. The lowest BCUT2D eigenvalue weighted by Gasteiger charge is -2.38. The van der Waals surface area contributed by atoms with Crippen molar-refractivity contribution in [3.05, 3.63) is 118 Å². The summed E-state index contributed by atoms with van der Waals surface area (Å²) in [5.41, 5.74) is 6.90. The van der Waals surface area contributed by atoms with E-state index in [-0.39, 0.29) is 29.1 Å². The predicted molar refractivity (Wildman–Crippen MR) is 162 cm³/mol. The number of rotatable bonds is 10. The van der Waals surface area contributed by atoms with Crippen LogP contribution >= 0.6 is 0 Å². The molecule has 44 heavy (non-hydrogen) atoms. The molecule has 16 heteroatoms. The Hall–Kier alpha value is -6.06. The zero-order valence-electron chi connectivity index (χ0n) is 22.8. The van der Waals surface area contributed by atoms with Crippen molar-refractivity contribution < 1.29 is 19.7 Å². The topological polar surface area (TPSA) is 221 Å². The van der Waals surface area contributed by atoms with Crippen LogP contribution in [-0.4, -0.2) is 32.1 Å². The minimum atomic E-state index is -0.738. The van der Waals surface area contributed by atoms with Crippen LogP contribution in [0.25, 0.3) is 5.57 Å². The first-order chi connectivity index (χ1) is 21.1. The molecule has 3 aromatic rings. The Kier molecular flexibility index (Phi) is 8.32. The van der Waals surface area contributed by atoms with Gasteiger partial charge in [-0.2, -0.15) is 10.2 Å². The van der Waals surface area contributed by atoms with Gasteiger partial charge in [-0.1, -0.05) is 30.3 Å². The molecular weight excluding hydrogens is 576 g/mol. The number of nitrogens with zero attached hydrogens (tertiary/aromatic N) is 6. The Balaban J connectivity index is 1.43. The van der Waals surface area contributed by atoms with E-state index >= 15 is 0 Å². The highest BCUT2D eigenvalue weighted by atomic mass is 16.6. The van der Waals surface area contributed by atoms with Crippen LogP contribution in [0.2, 0.25) is 0 Å². The van der Waals surface area contributed by atoms with E-state index in [1.54, 1.807) is 12.4 Å². The summed E-state index contributed by atoms with van der Waals surface area (Å²) >= 11 is 0. The molecule has 0 radical (unpaired) electrons. The van der Waals surface area contributed by atoms with Gasteiger partial charge in [0.15, 0.2) is 0 Å². The maximum atomic E-state index is 11.6. The van der Waals surface area contributed by atoms with Crippen molar-refractivity contribution in [3.63, 3.8) is 0 Å². The molecule has 5 rings (SSSR count). The van der Waals surface area contributed by atoms with Crippen molar-refractivity contribution in [2.75, 3.05) is 10.9 Å². The van der Waals surface area contributed by atoms with Crippen LogP contribution in [0, 0.1) is 58.2 Å². The lowest BCUT2D eigenvalue weighted by molar-refractivity contribution is -0.393. The summed E-state index contributed by atoms with van der Waals surface area (Å²) < 4.78 is 0. The number of nitro groups is 4. The minimum absolute atomic E-state index is 0.0150. The smallest absolute Gasteiger partial charge is 0.272 e. The van der Waals surface area contributed by atoms with Crippen molar-refractivity contribution in [1.29, 1.82) is 0 Å². The molecule has 224 valence electrons. The largest absolute Gasteiger partial charge is 0.301 e. The van der Waals surface area contributed by atoms with Gasteiger partial charge in [0, 0.05) is 36.4 Å². The van der Waals surface area contributed by atoms with Gasteiger partial charge in [-0.05, 0) is 54.0 Å². The molecule has 16 nitrogen and oxygen atoms in total. The number of non-ortho nitro benzene ring substituents is 2. The van der Waals surface area contributed by atoms with E-state index in [4.69, 9.17) is 0 Å². The Morgan fingerprint density at radius 2 is 1.30 bits per heavy atom. The monoisotopic (exact) mass is 600 g/mol. The third kappa shape index (κ3) is 6.08. The summed E-state index contributed by atoms with van der Waals surface area (Å²) in [5, 5.41) is 53.7. The van der Waals surface area contributed by atoms with Gasteiger partial charge in [0.2, 0.25) is 0 Å². The highest BCUT2D eigenvalue weighted by Crippen LogP contribution is 2.45. The number of anilines is 2. The van der Waals surface area contributed by atoms with Crippen molar-refractivity contribution in [1.82, 2.24) is 0 Å². The maximum Gasteiger partial charge on any atom is 0.301 e. The molecule has 0 aliphatic heterocycles. The van der Waals surface area contributed by atoms with Crippen LogP contribution in [0.3, 0.4) is 0 Å². The van der Waals surface area contributed by atoms with Gasteiger partial charge in [0.25, 0.3) is 11.4 Å². The molecule has 0 saturated carbocycles. The second-order valence-electron chi connectivity index (χ2n) is 10.1. The zero-order chi connectivity index (χ0) is 31.4. The molecule has 0 amide bonds. The number of benzene rings is 3. The van der Waals surface area contributed by atoms with Gasteiger partial charge in [-0.25, -0.2) is 0 Å². The summed E-state index contributed by atoms with van der Waals surface area (Å²) in [6.07, 6.45) is 7.53. The van der Waals surface area contributed by atoms with Gasteiger partial charge in [0.05, 0.1) is 31.8 Å². The third-order valence-corrected chi connectivity index (χ3v) is 7.68. The van der Waals surface area contributed by atoms with Crippen LogP contribution in [0.1, 0.15) is 24.0 Å². The van der Waals surface area contributed by atoms with E-state index in [2.05, 4.69) is 39.3 Å². The molecule has 0 heterocycles. The van der Waals surface area contributed by atoms with Crippen LogP contribution in [0.15, 0.2) is 76.9 Å². The van der Waals surface area contributed by atoms with E-state index in [1.807, 2.05) is 12.1 Å². The Bertz CT molecular complexity index is 1760. The number of nitro benzene ring substituents is 4. The van der Waals surface area contributed by atoms with E-state index < -0.39 is 42.4 Å². The highest BCUT2D eigenvalue weighted by molar-refractivity contribution is 5.82. The first-order valence-electron chi connectivity index (χ1n) is 13.4. The maximum absolute atomic E-state index is 11.6. The lowest BCUT2D eigenvalue weighted by atomic mass is 9.66. The van der Waals surface area contributed by atoms with Gasteiger partial charge < -0.3 is 0 Å². The Labute approximate surface area is 248 Å². The molecule has 2 N–H and O–H groups in total. The van der Waals surface area contributed by atoms with Crippen LogP contribution in [0.5, 0.6) is 0 Å². The molecular formula is C28H24N8O8. The fourth-order valence-electron chi connectivity index (χ4n) is 5.59. The third-order valence-electron chi connectivity index (χ3n) is 7.68. The molecule has 0 saturated heterocycles. The van der Waals surface area contributed by atoms with E-state index in [0.717, 1.165) is 48.2 Å². The van der Waals surface area contributed by atoms with Crippen molar-refractivity contribution >= 4 is 52.1 Å². The van der Waals surface area contributed by atoms with E-state index in [9.17, 15) is 40.5 Å². The van der Waals surface area contributed by atoms with Crippen LogP contribution in [-0.2, 0) is 6.42 Å². The zero-order valence-corrected chi connectivity index (χ0v) is 22.8. The first kappa shape index (κ1) is 29.4. The standard InChI is InChI=1S/C28H24N8O8/c37-33(38)19-7-11-25(27(13-19)35(41)42)31-29-15-18-6-10-22-21-4-2-1-3-17(21)5-9-23(22)24(18)16-30-32-26-12-8-20(34(39)40)14-28(26)36(43)44/h1-4,7-8,10-16,18,23-24,31-32H,5-6,9H2/b29-15+,30-16+/t18-,23-,24+/m1/s1. The fraction of sp³-hybridized carbons (Fsp3) is 0.214. The van der Waals surface area contributed by atoms with Crippen molar-refractivity contribution in [3.8, 4) is 0 Å². The number of fused-ring (bicyclic) bond motifs is 3. The number of hydrogen-bond acceptors (Lipinski definition) is 12. The Morgan fingerprint density at radius 1 is 0.727 bits per heavy atom. The SMILES string of the molecule is O=[N+]([O-])c1ccc(N/N=C/[C@@H]2[C@@H]3CCc4ccccc4C3=CC[C@@H]2/C=N/Nc2ccc([N+](=O)[O-])cc2[N+](=O)[O-])c([N+](=O)[O-])c1. The molecule has 0 bridgehead atoms. The summed E-state index contributed by atoms with van der Waals surface area (Å²) in [6.45, 7) is 0. The average molecular weight is 601 g/mol. The fourth-order valence-corrected chi connectivity index (χ4v) is 5.59. The normalized spacial score (nSPS) is 19.1. The van der Waals surface area contributed by atoms with Crippen molar-refractivity contribution in [2.24, 2.45) is 28.0 Å². The minimum Gasteiger partial charge on any atom is -0.272 e. The Morgan fingerprint density at radius 3 is 1.86 bits per heavy atom. The molecule has 2 aliphatic rings. The summed E-state index contributed by atoms with van der Waals surface area (Å²) in [6, 6.07) is 14.5. The highest BCUT2D eigenvalue weighted by Gasteiger charge is 2.36. The summed E-state index contributed by atoms with van der Waals surface area (Å²) in [5.74, 6) is -0.470. The molecule has 0 fully saturated rings. The summed E-state index contributed by atoms with van der Waals surface area (Å²) in [7, 11) is 0. The average Bonchev–Trinajstić information content (AvgIpc) is 3.01. The van der Waals surface area contributed by atoms with Gasteiger partial charge in [0.1, 0.15) is 11.4 Å². The second kappa shape index (κ2) is 12.4. The predicted octanol–water partition coefficient (Wildman–Crippen LogP) is 6.10. The molecule has 3 atom stereocenters. The van der Waals surface area contributed by atoms with E-state index in [0.29, 0.717) is 6.42 Å². The number of aryl methyl sites for hydroxylation is 1. The van der Waals surface area contributed by atoms with Crippen LogP contribution in [0.4, 0.5) is 34.1 Å². The van der Waals surface area contributed by atoms with Crippen molar-refractivity contribution in [2.45, 2.75) is 19.3 Å². The number of allylic oxidation sites excluding steroid dienone is 2. The second-order valence-corrected chi connectivity index (χ2v) is 10.1. The van der Waals surface area contributed by atoms with Crippen LogP contribution < -0.4 is 10.9 Å². The summed E-state index contributed by atoms with van der Waals surface area (Å²) in [4.78, 5) is 42.3. The first-order valence-corrected chi connectivity index (χ1v) is 13.4. The molecule has 2 aliphatic carbocycles. The molecule has 0 spiro atoms. The molecule has 0 aromatic heterocycles. The molecule has 0 unspecified atom stereocenters. The quantitative estimate of drug-likeness (QED) is 0.155. The van der Waals surface area contributed by atoms with Gasteiger partial charge in [-0.3, -0.25) is 51.3 Å². The number of hydrazone groups is 2. The van der Waals surface area contributed by atoms with E-state index in [1.165, 1.54) is 17.7 Å².